The van der Waals surface area contributed by atoms with Crippen molar-refractivity contribution in [1.29, 1.82) is 0 Å². The van der Waals surface area contributed by atoms with E-state index in [0.717, 1.165) is 45.4 Å². The van der Waals surface area contributed by atoms with Gasteiger partial charge >= 0.3 is 0 Å². The summed E-state index contributed by atoms with van der Waals surface area (Å²) in [6.45, 7) is 0. The summed E-state index contributed by atoms with van der Waals surface area (Å²) >= 11 is 0. The van der Waals surface area contributed by atoms with Crippen molar-refractivity contribution in [1.82, 2.24) is 4.57 Å². The molecular formula is C54H34N2O. The Morgan fingerprint density at radius 2 is 0.860 bits per heavy atom. The lowest BCUT2D eigenvalue weighted by atomic mass is 9.94. The summed E-state index contributed by atoms with van der Waals surface area (Å²) in [7, 11) is 0. The van der Waals surface area contributed by atoms with Crippen LogP contribution >= 0.6 is 0 Å². The summed E-state index contributed by atoms with van der Waals surface area (Å²) in [6.07, 6.45) is 0. The number of ether oxygens (including phenoxy) is 1. The van der Waals surface area contributed by atoms with Crippen LogP contribution in [-0.2, 0) is 0 Å². The highest BCUT2D eigenvalue weighted by atomic mass is 16.5. The summed E-state index contributed by atoms with van der Waals surface area (Å²) in [5.74, 6) is 1.66. The van der Waals surface area contributed by atoms with E-state index < -0.39 is 0 Å². The van der Waals surface area contributed by atoms with Gasteiger partial charge in [0.15, 0.2) is 11.5 Å². The lowest BCUT2D eigenvalue weighted by Crippen LogP contribution is -2.15. The fourth-order valence-electron chi connectivity index (χ4n) is 9.14. The Hall–Kier alpha value is -7.62. The number of rotatable bonds is 4. The number of aromatic nitrogens is 1. The second-order valence-corrected chi connectivity index (χ2v) is 14.9. The molecule has 0 radical (unpaired) electrons. The fraction of sp³-hybridized carbons (Fsp3) is 0. The van der Waals surface area contributed by atoms with E-state index in [1.54, 1.807) is 0 Å². The van der Waals surface area contributed by atoms with E-state index in [2.05, 4.69) is 210 Å². The van der Waals surface area contributed by atoms with Crippen LogP contribution in [0.4, 0.5) is 17.1 Å². The number of fused-ring (bicyclic) bond motifs is 11. The summed E-state index contributed by atoms with van der Waals surface area (Å²) in [5, 5.41) is 10.1. The van der Waals surface area contributed by atoms with E-state index >= 15 is 0 Å². The van der Waals surface area contributed by atoms with Crippen LogP contribution in [-0.4, -0.2) is 4.57 Å². The fourth-order valence-corrected chi connectivity index (χ4v) is 9.14. The second-order valence-electron chi connectivity index (χ2n) is 14.9. The number of para-hydroxylation sites is 3. The van der Waals surface area contributed by atoms with Gasteiger partial charge in [-0.15, -0.1) is 0 Å². The van der Waals surface area contributed by atoms with Crippen LogP contribution in [0.3, 0.4) is 0 Å². The van der Waals surface area contributed by atoms with Gasteiger partial charge in [-0.3, -0.25) is 0 Å². The van der Waals surface area contributed by atoms with Crippen LogP contribution in [0.1, 0.15) is 0 Å². The maximum Gasteiger partial charge on any atom is 0.152 e. The van der Waals surface area contributed by atoms with Crippen molar-refractivity contribution in [3.8, 4) is 39.4 Å². The highest BCUT2D eigenvalue weighted by molar-refractivity contribution is 6.25. The molecule has 0 spiro atoms. The first-order chi connectivity index (χ1) is 28.3. The Bertz CT molecular complexity index is 3360. The zero-order valence-corrected chi connectivity index (χ0v) is 30.9. The van der Waals surface area contributed by atoms with Gasteiger partial charge in [0.05, 0.1) is 22.4 Å². The molecule has 3 nitrogen and oxygen atoms in total. The predicted octanol–water partition coefficient (Wildman–Crippen LogP) is 15.2. The van der Waals surface area contributed by atoms with Crippen LogP contribution in [0, 0.1) is 0 Å². The Balaban J connectivity index is 0.992. The van der Waals surface area contributed by atoms with Crippen molar-refractivity contribution in [3.05, 3.63) is 206 Å². The quantitative estimate of drug-likeness (QED) is 0.168. The van der Waals surface area contributed by atoms with Gasteiger partial charge in [-0.05, 0) is 121 Å². The van der Waals surface area contributed by atoms with Crippen LogP contribution in [0.15, 0.2) is 206 Å². The Kier molecular flexibility index (Phi) is 6.93. The Morgan fingerprint density at radius 1 is 0.281 bits per heavy atom. The van der Waals surface area contributed by atoms with Crippen molar-refractivity contribution < 1.29 is 4.74 Å². The largest absolute Gasteiger partial charge is 0.453 e. The third kappa shape index (κ3) is 4.92. The lowest BCUT2D eigenvalue weighted by molar-refractivity contribution is 0.477. The number of nitrogens with zero attached hydrogens (tertiary/aromatic N) is 2. The number of benzene rings is 10. The molecule has 0 amide bonds. The van der Waals surface area contributed by atoms with Gasteiger partial charge in [-0.2, -0.15) is 0 Å². The van der Waals surface area contributed by atoms with Gasteiger partial charge in [0.2, 0.25) is 0 Å². The van der Waals surface area contributed by atoms with Crippen LogP contribution < -0.4 is 9.64 Å². The van der Waals surface area contributed by atoms with E-state index in [1.807, 2.05) is 6.07 Å². The standard InChI is InChI=1S/C54H34N2O/c1-2-13-35(14-3-1)36-15-12-16-39(31-36)56-51-23-10-11-24-53(51)57-54-33-38(26-30-52(54)56)37-25-29-50-48(32-37)46-21-8-9-22-49(46)55(50)40-27-28-45-43-19-5-4-17-41(43)42-18-6-7-20-44(42)47(45)34-40/h1-34H. The number of hydrogen-bond donors (Lipinski definition) is 0. The molecule has 0 fully saturated rings. The minimum absolute atomic E-state index is 0.828. The van der Waals surface area contributed by atoms with E-state index in [9.17, 15) is 0 Å². The molecule has 266 valence electrons. The molecule has 2 heterocycles. The molecule has 1 aliphatic rings. The van der Waals surface area contributed by atoms with E-state index in [4.69, 9.17) is 4.74 Å². The monoisotopic (exact) mass is 726 g/mol. The normalized spacial score (nSPS) is 12.3. The number of hydrogen-bond acceptors (Lipinski definition) is 2. The molecule has 10 aromatic carbocycles. The van der Waals surface area contributed by atoms with Crippen molar-refractivity contribution in [2.24, 2.45) is 0 Å². The first-order valence-electron chi connectivity index (χ1n) is 19.5. The molecule has 11 aromatic rings. The second kappa shape index (κ2) is 12.5. The first-order valence-corrected chi connectivity index (χ1v) is 19.5. The van der Waals surface area contributed by atoms with E-state index in [-0.39, 0.29) is 0 Å². The van der Waals surface area contributed by atoms with E-state index in [0.29, 0.717) is 0 Å². The molecule has 0 N–H and O–H groups in total. The van der Waals surface area contributed by atoms with Crippen LogP contribution in [0.5, 0.6) is 11.5 Å². The number of anilines is 3. The van der Waals surface area contributed by atoms with Gasteiger partial charge in [0, 0.05) is 22.1 Å². The Morgan fingerprint density at radius 3 is 1.67 bits per heavy atom. The highest BCUT2D eigenvalue weighted by Gasteiger charge is 2.26. The van der Waals surface area contributed by atoms with E-state index in [1.165, 1.54) is 65.3 Å². The molecule has 0 unspecified atom stereocenters. The Labute approximate surface area is 329 Å². The molecule has 1 aromatic heterocycles. The highest BCUT2D eigenvalue weighted by Crippen LogP contribution is 2.52. The van der Waals surface area contributed by atoms with Gasteiger partial charge in [-0.25, -0.2) is 0 Å². The maximum absolute atomic E-state index is 6.67. The summed E-state index contributed by atoms with van der Waals surface area (Å²) < 4.78 is 9.10. The average Bonchev–Trinajstić information content (AvgIpc) is 3.62. The molecule has 1 aliphatic heterocycles. The molecular weight excluding hydrogens is 693 g/mol. The molecule has 0 aliphatic carbocycles. The van der Waals surface area contributed by atoms with Crippen molar-refractivity contribution in [2.45, 2.75) is 0 Å². The molecule has 12 rings (SSSR count). The van der Waals surface area contributed by atoms with Crippen LogP contribution in [0.25, 0.3) is 82.1 Å². The SMILES string of the molecule is c1ccc(-c2cccc(N3c4ccccc4Oc4cc(-c5ccc6c(c5)c5ccccc5n6-c5ccc6c7ccccc7c7ccccc7c6c5)ccc43)c2)cc1. The van der Waals surface area contributed by atoms with Gasteiger partial charge in [0.1, 0.15) is 0 Å². The van der Waals surface area contributed by atoms with Gasteiger partial charge < -0.3 is 14.2 Å². The summed E-state index contributed by atoms with van der Waals surface area (Å²) in [4.78, 5) is 2.32. The molecule has 0 saturated carbocycles. The lowest BCUT2D eigenvalue weighted by Gasteiger charge is -2.33. The minimum atomic E-state index is 0.828. The molecule has 0 bridgehead atoms. The molecule has 57 heavy (non-hydrogen) atoms. The summed E-state index contributed by atoms with van der Waals surface area (Å²) in [6, 6.07) is 74.4. The summed E-state index contributed by atoms with van der Waals surface area (Å²) in [5.41, 5.74) is 11.3. The minimum Gasteiger partial charge on any atom is -0.453 e. The smallest absolute Gasteiger partial charge is 0.152 e. The molecule has 0 saturated heterocycles. The van der Waals surface area contributed by atoms with Crippen molar-refractivity contribution >= 4 is 71.2 Å². The third-order valence-electron chi connectivity index (χ3n) is 11.7. The van der Waals surface area contributed by atoms with Gasteiger partial charge in [0.25, 0.3) is 0 Å². The van der Waals surface area contributed by atoms with Crippen LogP contribution in [0.2, 0.25) is 0 Å². The zero-order chi connectivity index (χ0) is 37.5. The van der Waals surface area contributed by atoms with Crippen molar-refractivity contribution in [3.63, 3.8) is 0 Å². The molecule has 3 heteroatoms. The predicted molar refractivity (Wildman–Crippen MR) is 239 cm³/mol. The third-order valence-corrected chi connectivity index (χ3v) is 11.7. The van der Waals surface area contributed by atoms with Gasteiger partial charge in [-0.1, -0.05) is 140 Å². The molecule has 0 atom stereocenters. The maximum atomic E-state index is 6.67. The average molecular weight is 727 g/mol. The first kappa shape index (κ1) is 31.7. The zero-order valence-electron chi connectivity index (χ0n) is 30.9. The topological polar surface area (TPSA) is 17.4 Å². The van der Waals surface area contributed by atoms with Crippen molar-refractivity contribution in [2.75, 3.05) is 4.90 Å².